The van der Waals surface area contributed by atoms with E-state index in [1.807, 2.05) is 24.3 Å². The molecule has 1 fully saturated rings. The molecule has 1 aliphatic rings. The minimum atomic E-state index is -0.528. The van der Waals surface area contributed by atoms with Crippen molar-refractivity contribution in [2.45, 2.75) is 44.6 Å². The van der Waals surface area contributed by atoms with Crippen molar-refractivity contribution in [1.82, 2.24) is 0 Å². The van der Waals surface area contributed by atoms with Crippen LogP contribution in [0.4, 0.5) is 16.2 Å². The first kappa shape index (κ1) is 12.7. The summed E-state index contributed by atoms with van der Waals surface area (Å²) >= 11 is 0. The van der Waals surface area contributed by atoms with E-state index in [0.29, 0.717) is 6.04 Å². The molecule has 1 aromatic carbocycles. The Morgan fingerprint density at radius 3 is 2.11 bits per heavy atom. The Morgan fingerprint density at radius 2 is 1.56 bits per heavy atom. The van der Waals surface area contributed by atoms with Crippen LogP contribution >= 0.6 is 0 Å². The Balaban J connectivity index is 1.90. The number of urea groups is 1. The van der Waals surface area contributed by atoms with Crippen LogP contribution in [0.3, 0.4) is 0 Å². The quantitative estimate of drug-likeness (QED) is 0.717. The van der Waals surface area contributed by atoms with Crippen molar-refractivity contribution in [3.8, 4) is 0 Å². The van der Waals surface area contributed by atoms with Gasteiger partial charge in [-0.15, -0.1) is 0 Å². The summed E-state index contributed by atoms with van der Waals surface area (Å²) in [6, 6.07) is 7.75. The number of hydrogen-bond donors (Lipinski definition) is 3. The van der Waals surface area contributed by atoms with Gasteiger partial charge in [-0.05, 0) is 37.1 Å². The van der Waals surface area contributed by atoms with Crippen LogP contribution in [0.15, 0.2) is 24.3 Å². The molecule has 0 heterocycles. The summed E-state index contributed by atoms with van der Waals surface area (Å²) in [5, 5.41) is 6.11. The molecule has 0 radical (unpaired) electrons. The molecule has 4 heteroatoms. The minimum absolute atomic E-state index is 0.528. The fraction of sp³-hybridized carbons (Fsp3) is 0.500. The highest BCUT2D eigenvalue weighted by molar-refractivity contribution is 5.87. The third kappa shape index (κ3) is 3.95. The third-order valence-corrected chi connectivity index (χ3v) is 3.38. The summed E-state index contributed by atoms with van der Waals surface area (Å²) in [4.78, 5) is 10.7. The normalized spacial score (nSPS) is 16.9. The number of carbonyl (C=O) groups excluding carboxylic acids is 1. The highest BCUT2D eigenvalue weighted by Crippen LogP contribution is 2.22. The molecule has 0 bridgehead atoms. The number of nitrogens with two attached hydrogens (primary N) is 1. The van der Waals surface area contributed by atoms with E-state index >= 15 is 0 Å². The molecule has 0 saturated heterocycles. The van der Waals surface area contributed by atoms with Gasteiger partial charge in [0.1, 0.15) is 0 Å². The lowest BCUT2D eigenvalue weighted by Crippen LogP contribution is -2.20. The van der Waals surface area contributed by atoms with Crippen LogP contribution < -0.4 is 16.4 Å². The second kappa shape index (κ2) is 6.28. The molecule has 0 aliphatic heterocycles. The van der Waals surface area contributed by atoms with Crippen molar-refractivity contribution in [3.63, 3.8) is 0 Å². The molecule has 0 aromatic heterocycles. The van der Waals surface area contributed by atoms with Gasteiger partial charge in [0.25, 0.3) is 0 Å². The van der Waals surface area contributed by atoms with E-state index in [1.54, 1.807) is 0 Å². The Labute approximate surface area is 108 Å². The van der Waals surface area contributed by atoms with E-state index in [-0.39, 0.29) is 0 Å². The summed E-state index contributed by atoms with van der Waals surface area (Å²) in [6.07, 6.45) is 7.86. The maximum atomic E-state index is 10.7. The maximum absolute atomic E-state index is 10.7. The highest BCUT2D eigenvalue weighted by atomic mass is 16.2. The number of carbonyl (C=O) groups is 1. The van der Waals surface area contributed by atoms with Gasteiger partial charge in [0, 0.05) is 17.4 Å². The molecule has 4 N–H and O–H groups in total. The first-order valence-electron chi connectivity index (χ1n) is 6.67. The Hall–Kier alpha value is -1.71. The number of benzene rings is 1. The maximum Gasteiger partial charge on any atom is 0.316 e. The average molecular weight is 247 g/mol. The number of primary amides is 1. The number of nitrogens with one attached hydrogen (secondary N) is 2. The van der Waals surface area contributed by atoms with E-state index in [2.05, 4.69) is 10.6 Å². The van der Waals surface area contributed by atoms with Gasteiger partial charge in [0.15, 0.2) is 0 Å². The summed E-state index contributed by atoms with van der Waals surface area (Å²) in [6.45, 7) is 0. The summed E-state index contributed by atoms with van der Waals surface area (Å²) < 4.78 is 0. The SMILES string of the molecule is NC(=O)Nc1ccc(NC2CCCCCC2)cc1. The van der Waals surface area contributed by atoms with Gasteiger partial charge in [0.2, 0.25) is 0 Å². The van der Waals surface area contributed by atoms with E-state index in [9.17, 15) is 4.79 Å². The van der Waals surface area contributed by atoms with Crippen LogP contribution in [0.1, 0.15) is 38.5 Å². The Kier molecular flexibility index (Phi) is 4.45. The van der Waals surface area contributed by atoms with Crippen LogP contribution in [0.25, 0.3) is 0 Å². The van der Waals surface area contributed by atoms with Gasteiger partial charge in [-0.1, -0.05) is 25.7 Å². The first-order chi connectivity index (χ1) is 8.74. The minimum Gasteiger partial charge on any atom is -0.382 e. The largest absolute Gasteiger partial charge is 0.382 e. The predicted molar refractivity (Wildman–Crippen MR) is 74.8 cm³/mol. The molecule has 4 nitrogen and oxygen atoms in total. The van der Waals surface area contributed by atoms with Crippen molar-refractivity contribution in [3.05, 3.63) is 24.3 Å². The lowest BCUT2D eigenvalue weighted by molar-refractivity contribution is 0.259. The zero-order chi connectivity index (χ0) is 12.8. The second-order valence-corrected chi connectivity index (χ2v) is 4.90. The van der Waals surface area contributed by atoms with Crippen molar-refractivity contribution in [2.75, 3.05) is 10.6 Å². The zero-order valence-corrected chi connectivity index (χ0v) is 10.6. The van der Waals surface area contributed by atoms with E-state index in [1.165, 1.54) is 38.5 Å². The smallest absolute Gasteiger partial charge is 0.316 e. The van der Waals surface area contributed by atoms with Crippen LogP contribution in [0, 0.1) is 0 Å². The van der Waals surface area contributed by atoms with E-state index in [0.717, 1.165) is 11.4 Å². The van der Waals surface area contributed by atoms with E-state index in [4.69, 9.17) is 5.73 Å². The zero-order valence-electron chi connectivity index (χ0n) is 10.6. The number of amides is 2. The molecular formula is C14H21N3O. The van der Waals surface area contributed by atoms with Crippen LogP contribution in [-0.2, 0) is 0 Å². The number of hydrogen-bond acceptors (Lipinski definition) is 2. The van der Waals surface area contributed by atoms with Gasteiger partial charge in [0.05, 0.1) is 0 Å². The first-order valence-corrected chi connectivity index (χ1v) is 6.67. The lowest BCUT2D eigenvalue weighted by atomic mass is 10.1. The third-order valence-electron chi connectivity index (χ3n) is 3.38. The molecule has 1 saturated carbocycles. The van der Waals surface area contributed by atoms with Gasteiger partial charge < -0.3 is 16.4 Å². The van der Waals surface area contributed by atoms with Gasteiger partial charge >= 0.3 is 6.03 Å². The van der Waals surface area contributed by atoms with E-state index < -0.39 is 6.03 Å². The van der Waals surface area contributed by atoms with Crippen LogP contribution in [0.5, 0.6) is 0 Å². The number of rotatable bonds is 3. The molecule has 0 atom stereocenters. The monoisotopic (exact) mass is 247 g/mol. The lowest BCUT2D eigenvalue weighted by Gasteiger charge is -2.17. The van der Waals surface area contributed by atoms with Crippen molar-refractivity contribution in [2.24, 2.45) is 5.73 Å². The molecular weight excluding hydrogens is 226 g/mol. The molecule has 98 valence electrons. The van der Waals surface area contributed by atoms with Crippen LogP contribution in [0.2, 0.25) is 0 Å². The topological polar surface area (TPSA) is 67.2 Å². The fourth-order valence-corrected chi connectivity index (χ4v) is 2.45. The second-order valence-electron chi connectivity index (χ2n) is 4.90. The Bertz CT molecular complexity index is 381. The molecule has 18 heavy (non-hydrogen) atoms. The molecule has 1 aromatic rings. The van der Waals surface area contributed by atoms with Gasteiger partial charge in [-0.25, -0.2) is 4.79 Å². The Morgan fingerprint density at radius 1 is 1.00 bits per heavy atom. The van der Waals surface area contributed by atoms with Crippen molar-refractivity contribution in [1.29, 1.82) is 0 Å². The summed E-state index contributed by atoms with van der Waals surface area (Å²) in [5.74, 6) is 0. The fourth-order valence-electron chi connectivity index (χ4n) is 2.45. The molecule has 2 rings (SSSR count). The van der Waals surface area contributed by atoms with Crippen LogP contribution in [-0.4, -0.2) is 12.1 Å². The standard InChI is InChI=1S/C14H21N3O/c15-14(18)17-13-9-7-12(8-10-13)16-11-5-3-1-2-4-6-11/h7-11,16H,1-6H2,(H3,15,17,18). The molecule has 2 amide bonds. The van der Waals surface area contributed by atoms with Crippen molar-refractivity contribution < 1.29 is 4.79 Å². The van der Waals surface area contributed by atoms with Gasteiger partial charge in [-0.3, -0.25) is 0 Å². The van der Waals surface area contributed by atoms with Gasteiger partial charge in [-0.2, -0.15) is 0 Å². The molecule has 0 spiro atoms. The molecule has 1 aliphatic carbocycles. The summed E-state index contributed by atoms with van der Waals surface area (Å²) in [5.41, 5.74) is 6.90. The van der Waals surface area contributed by atoms with Crippen molar-refractivity contribution >= 4 is 17.4 Å². The predicted octanol–water partition coefficient (Wildman–Crippen LogP) is 3.31. The average Bonchev–Trinajstić information content (AvgIpc) is 2.60. The molecule has 0 unspecified atom stereocenters. The number of anilines is 2. The highest BCUT2D eigenvalue weighted by Gasteiger charge is 2.11. The summed E-state index contributed by atoms with van der Waals surface area (Å²) in [7, 11) is 0.